The summed E-state index contributed by atoms with van der Waals surface area (Å²) >= 11 is 6.07. The minimum Gasteiger partial charge on any atom is -0.495 e. The first-order chi connectivity index (χ1) is 11.0. The highest BCUT2D eigenvalue weighted by Crippen LogP contribution is 2.34. The average Bonchev–Trinajstić information content (AvgIpc) is 2.48. The van der Waals surface area contributed by atoms with E-state index in [0.29, 0.717) is 29.5 Å². The summed E-state index contributed by atoms with van der Waals surface area (Å²) in [6.07, 6.45) is 3.00. The van der Waals surface area contributed by atoms with Crippen LogP contribution in [-0.2, 0) is 9.59 Å². The van der Waals surface area contributed by atoms with Gasteiger partial charge >= 0.3 is 0 Å². The lowest BCUT2D eigenvalue weighted by atomic mass is 9.84. The quantitative estimate of drug-likeness (QED) is 0.852. The summed E-state index contributed by atoms with van der Waals surface area (Å²) in [5.74, 6) is 0.741. The van der Waals surface area contributed by atoms with E-state index in [9.17, 15) is 9.59 Å². The predicted octanol–water partition coefficient (Wildman–Crippen LogP) is 2.71. The van der Waals surface area contributed by atoms with Crippen molar-refractivity contribution < 1.29 is 14.3 Å². The Bertz CT molecular complexity index is 630. The number of hydrogen-bond acceptors (Lipinski definition) is 3. The number of nitrogens with zero attached hydrogens (tertiary/aromatic N) is 2. The molecule has 1 atom stereocenters. The van der Waals surface area contributed by atoms with Crippen LogP contribution < -0.4 is 9.64 Å². The van der Waals surface area contributed by atoms with Crippen molar-refractivity contribution in [3.05, 3.63) is 23.2 Å². The van der Waals surface area contributed by atoms with Gasteiger partial charge in [0.15, 0.2) is 0 Å². The minimum absolute atomic E-state index is 0.0931. The number of rotatable bonds is 3. The molecule has 1 saturated heterocycles. The van der Waals surface area contributed by atoms with Crippen LogP contribution in [0.1, 0.15) is 26.2 Å². The summed E-state index contributed by atoms with van der Waals surface area (Å²) in [6.45, 7) is 2.79. The highest BCUT2D eigenvalue weighted by Gasteiger charge is 2.39. The number of piperazine rings is 1. The van der Waals surface area contributed by atoms with Crippen molar-refractivity contribution >= 4 is 29.1 Å². The second kappa shape index (κ2) is 6.40. The zero-order valence-electron chi connectivity index (χ0n) is 13.4. The molecular weight excluding hydrogens is 316 g/mol. The van der Waals surface area contributed by atoms with Gasteiger partial charge in [-0.3, -0.25) is 9.59 Å². The Hall–Kier alpha value is -1.75. The molecule has 0 N–H and O–H groups in total. The third kappa shape index (κ3) is 2.90. The van der Waals surface area contributed by atoms with Crippen molar-refractivity contribution in [1.82, 2.24) is 4.90 Å². The van der Waals surface area contributed by atoms with Gasteiger partial charge in [-0.05, 0) is 38.0 Å². The highest BCUT2D eigenvalue weighted by molar-refractivity contribution is 6.31. The maximum Gasteiger partial charge on any atom is 0.249 e. The van der Waals surface area contributed by atoms with Gasteiger partial charge in [0.25, 0.3) is 0 Å². The molecule has 0 bridgehead atoms. The molecule has 2 aliphatic rings. The number of carbonyl (C=O) groups is 2. The minimum atomic E-state index is -0.458. The first-order valence-electron chi connectivity index (χ1n) is 7.98. The Labute approximate surface area is 141 Å². The Morgan fingerprint density at radius 3 is 2.65 bits per heavy atom. The largest absolute Gasteiger partial charge is 0.495 e. The van der Waals surface area contributed by atoms with Crippen LogP contribution in [-0.4, -0.2) is 43.0 Å². The van der Waals surface area contributed by atoms with Gasteiger partial charge in [0, 0.05) is 24.0 Å². The van der Waals surface area contributed by atoms with Crippen LogP contribution in [0.25, 0.3) is 0 Å². The molecule has 0 radical (unpaired) electrons. The van der Waals surface area contributed by atoms with Crippen LogP contribution in [0.5, 0.6) is 5.75 Å². The Balaban J connectivity index is 1.81. The standard InChI is InChI=1S/C17H21ClN2O3/c1-11-16(21)20(14-10-13(18)6-7-15(14)23-2)9-8-19(11)17(22)12-4-3-5-12/h6-7,10-12H,3-5,8-9H2,1-2H3. The summed E-state index contributed by atoms with van der Waals surface area (Å²) in [6, 6.07) is 4.75. The van der Waals surface area contributed by atoms with Gasteiger partial charge in [0.05, 0.1) is 12.8 Å². The molecule has 1 heterocycles. The second-order valence-corrected chi connectivity index (χ2v) is 6.58. The molecular formula is C17H21ClN2O3. The van der Waals surface area contributed by atoms with Gasteiger partial charge in [0.2, 0.25) is 11.8 Å². The van der Waals surface area contributed by atoms with Crippen molar-refractivity contribution in [2.24, 2.45) is 5.92 Å². The van der Waals surface area contributed by atoms with Gasteiger partial charge in [-0.1, -0.05) is 18.0 Å². The lowest BCUT2D eigenvalue weighted by molar-refractivity contribution is -0.146. The SMILES string of the molecule is COc1ccc(Cl)cc1N1CCN(C(=O)C2CCC2)C(C)C1=O. The van der Waals surface area contributed by atoms with Crippen molar-refractivity contribution in [1.29, 1.82) is 0 Å². The molecule has 6 heteroatoms. The molecule has 5 nitrogen and oxygen atoms in total. The molecule has 1 aromatic rings. The number of amides is 2. The molecule has 2 fully saturated rings. The first-order valence-corrected chi connectivity index (χ1v) is 8.36. The van der Waals surface area contributed by atoms with Gasteiger partial charge < -0.3 is 14.5 Å². The smallest absolute Gasteiger partial charge is 0.249 e. The van der Waals surface area contributed by atoms with Gasteiger partial charge in [0.1, 0.15) is 11.8 Å². The van der Waals surface area contributed by atoms with Crippen LogP contribution >= 0.6 is 11.6 Å². The average molecular weight is 337 g/mol. The van der Waals surface area contributed by atoms with E-state index in [1.807, 2.05) is 0 Å². The van der Waals surface area contributed by atoms with E-state index in [0.717, 1.165) is 19.3 Å². The summed E-state index contributed by atoms with van der Waals surface area (Å²) in [5, 5.41) is 0.550. The number of benzene rings is 1. The summed E-state index contributed by atoms with van der Waals surface area (Å²) in [4.78, 5) is 28.6. The zero-order valence-corrected chi connectivity index (χ0v) is 14.2. The molecule has 0 spiro atoms. The van der Waals surface area contributed by atoms with Crippen molar-refractivity contribution in [3.63, 3.8) is 0 Å². The fourth-order valence-corrected chi connectivity index (χ4v) is 3.34. The van der Waals surface area contributed by atoms with Gasteiger partial charge in [-0.15, -0.1) is 0 Å². The topological polar surface area (TPSA) is 49.9 Å². The molecule has 1 aliphatic carbocycles. The maximum absolute atomic E-state index is 12.8. The van der Waals surface area contributed by atoms with Crippen LogP contribution in [0.2, 0.25) is 5.02 Å². The molecule has 124 valence electrons. The molecule has 2 amide bonds. The van der Waals surface area contributed by atoms with Crippen LogP contribution in [0.4, 0.5) is 5.69 Å². The zero-order chi connectivity index (χ0) is 16.6. The number of carbonyl (C=O) groups excluding carboxylic acids is 2. The molecule has 1 saturated carbocycles. The van der Waals surface area contributed by atoms with E-state index >= 15 is 0 Å². The fourth-order valence-electron chi connectivity index (χ4n) is 3.17. The van der Waals surface area contributed by atoms with E-state index in [4.69, 9.17) is 16.3 Å². The fraction of sp³-hybridized carbons (Fsp3) is 0.529. The number of hydrogen-bond donors (Lipinski definition) is 0. The van der Waals surface area contributed by atoms with E-state index in [2.05, 4.69) is 0 Å². The summed E-state index contributed by atoms with van der Waals surface area (Å²) in [7, 11) is 1.57. The summed E-state index contributed by atoms with van der Waals surface area (Å²) in [5.41, 5.74) is 0.660. The van der Waals surface area contributed by atoms with E-state index in [1.54, 1.807) is 42.0 Å². The lowest BCUT2D eigenvalue weighted by Gasteiger charge is -2.42. The van der Waals surface area contributed by atoms with Crippen LogP contribution in [0, 0.1) is 5.92 Å². The van der Waals surface area contributed by atoms with E-state index in [1.165, 1.54) is 0 Å². The molecule has 1 aliphatic heterocycles. The third-order valence-corrected chi connectivity index (χ3v) is 5.06. The molecule has 0 aromatic heterocycles. The van der Waals surface area contributed by atoms with Crippen LogP contribution in [0.15, 0.2) is 18.2 Å². The third-order valence-electron chi connectivity index (χ3n) is 4.82. The van der Waals surface area contributed by atoms with Crippen molar-refractivity contribution in [3.8, 4) is 5.75 Å². The monoisotopic (exact) mass is 336 g/mol. The highest BCUT2D eigenvalue weighted by atomic mass is 35.5. The second-order valence-electron chi connectivity index (χ2n) is 6.14. The molecule has 1 unspecified atom stereocenters. The van der Waals surface area contributed by atoms with Gasteiger partial charge in [-0.2, -0.15) is 0 Å². The normalized spacial score (nSPS) is 22.0. The predicted molar refractivity (Wildman–Crippen MR) is 88.9 cm³/mol. The number of halogens is 1. The molecule has 3 rings (SSSR count). The molecule has 1 aromatic carbocycles. The summed E-state index contributed by atoms with van der Waals surface area (Å²) < 4.78 is 5.34. The van der Waals surface area contributed by atoms with Crippen molar-refractivity contribution in [2.75, 3.05) is 25.1 Å². The lowest BCUT2D eigenvalue weighted by Crippen LogP contribution is -2.59. The first kappa shape index (κ1) is 16.1. The number of anilines is 1. The molecule has 23 heavy (non-hydrogen) atoms. The maximum atomic E-state index is 12.8. The van der Waals surface area contributed by atoms with E-state index in [-0.39, 0.29) is 17.7 Å². The Kier molecular flexibility index (Phi) is 4.48. The van der Waals surface area contributed by atoms with Gasteiger partial charge in [-0.25, -0.2) is 0 Å². The number of ether oxygens (including phenoxy) is 1. The Morgan fingerprint density at radius 1 is 1.30 bits per heavy atom. The van der Waals surface area contributed by atoms with Crippen LogP contribution in [0.3, 0.4) is 0 Å². The Morgan fingerprint density at radius 2 is 2.04 bits per heavy atom. The number of methoxy groups -OCH3 is 1. The van der Waals surface area contributed by atoms with E-state index < -0.39 is 6.04 Å². The van der Waals surface area contributed by atoms with Crippen molar-refractivity contribution in [2.45, 2.75) is 32.2 Å².